The highest BCUT2D eigenvalue weighted by atomic mass is 16.5. The first kappa shape index (κ1) is 17.4. The van der Waals surface area contributed by atoms with Crippen LogP contribution in [0.3, 0.4) is 0 Å². The predicted molar refractivity (Wildman–Crippen MR) is 75.6 cm³/mol. The Kier molecular flexibility index (Phi) is 9.98. The first-order chi connectivity index (χ1) is 8.43. The number of amides is 1. The number of unbranched alkanes of at least 4 members (excludes halogenated alkanes) is 1. The van der Waals surface area contributed by atoms with E-state index in [-0.39, 0.29) is 11.9 Å². The zero-order chi connectivity index (χ0) is 14.0. The van der Waals surface area contributed by atoms with Crippen LogP contribution < -0.4 is 10.6 Å². The zero-order valence-electron chi connectivity index (χ0n) is 12.6. The van der Waals surface area contributed by atoms with Gasteiger partial charge >= 0.3 is 0 Å². The minimum Gasteiger partial charge on any atom is -0.379 e. The second-order valence-electron chi connectivity index (χ2n) is 5.44. The van der Waals surface area contributed by atoms with Crippen molar-refractivity contribution in [2.45, 2.75) is 59.6 Å². The third-order valence-corrected chi connectivity index (χ3v) is 2.55. The standard InChI is InChI=1S/C14H30N2O2/c1-11(2)10-16-14(17)13(5)15-8-6-7-9-18-12(3)4/h11-13,15H,6-10H2,1-5H3,(H,16,17). The topological polar surface area (TPSA) is 50.4 Å². The Labute approximate surface area is 112 Å². The molecule has 0 heterocycles. The molecule has 2 N–H and O–H groups in total. The molecular weight excluding hydrogens is 228 g/mol. The summed E-state index contributed by atoms with van der Waals surface area (Å²) in [5, 5.41) is 6.15. The van der Waals surface area contributed by atoms with Gasteiger partial charge in [-0.2, -0.15) is 0 Å². The van der Waals surface area contributed by atoms with Gasteiger partial charge in [0.15, 0.2) is 0 Å². The van der Waals surface area contributed by atoms with Crippen LogP contribution in [0.5, 0.6) is 0 Å². The molecule has 0 radical (unpaired) electrons. The van der Waals surface area contributed by atoms with Crippen molar-refractivity contribution >= 4 is 5.91 Å². The van der Waals surface area contributed by atoms with Crippen LogP contribution in [0.2, 0.25) is 0 Å². The molecule has 1 amide bonds. The highest BCUT2D eigenvalue weighted by molar-refractivity contribution is 5.81. The van der Waals surface area contributed by atoms with Gasteiger partial charge in [0.25, 0.3) is 0 Å². The predicted octanol–water partition coefficient (Wildman–Crippen LogP) is 1.94. The van der Waals surface area contributed by atoms with Crippen molar-refractivity contribution in [1.29, 1.82) is 0 Å². The summed E-state index contributed by atoms with van der Waals surface area (Å²) in [6.07, 6.45) is 2.37. The molecule has 0 fully saturated rings. The monoisotopic (exact) mass is 258 g/mol. The Morgan fingerprint density at radius 1 is 1.11 bits per heavy atom. The van der Waals surface area contributed by atoms with E-state index in [9.17, 15) is 4.79 Å². The molecular formula is C14H30N2O2. The van der Waals surface area contributed by atoms with E-state index in [1.165, 1.54) is 0 Å². The highest BCUT2D eigenvalue weighted by Gasteiger charge is 2.11. The Bertz CT molecular complexity index is 218. The fraction of sp³-hybridized carbons (Fsp3) is 0.929. The number of hydrogen-bond donors (Lipinski definition) is 2. The molecule has 108 valence electrons. The molecule has 1 unspecified atom stereocenters. The summed E-state index contributed by atoms with van der Waals surface area (Å²) < 4.78 is 5.45. The van der Waals surface area contributed by atoms with Crippen molar-refractivity contribution in [3.8, 4) is 0 Å². The first-order valence-electron chi connectivity index (χ1n) is 7.06. The van der Waals surface area contributed by atoms with E-state index in [1.807, 2.05) is 20.8 Å². The number of ether oxygens (including phenoxy) is 1. The summed E-state index contributed by atoms with van der Waals surface area (Å²) in [5.41, 5.74) is 0. The van der Waals surface area contributed by atoms with Gasteiger partial charge in [-0.1, -0.05) is 13.8 Å². The van der Waals surface area contributed by atoms with Crippen molar-refractivity contribution in [1.82, 2.24) is 10.6 Å². The minimum atomic E-state index is -0.116. The van der Waals surface area contributed by atoms with Gasteiger partial charge in [-0.25, -0.2) is 0 Å². The molecule has 0 rings (SSSR count). The first-order valence-corrected chi connectivity index (χ1v) is 7.06. The lowest BCUT2D eigenvalue weighted by Crippen LogP contribution is -2.43. The van der Waals surface area contributed by atoms with E-state index < -0.39 is 0 Å². The van der Waals surface area contributed by atoms with Crippen molar-refractivity contribution < 1.29 is 9.53 Å². The second kappa shape index (κ2) is 10.3. The van der Waals surface area contributed by atoms with Crippen LogP contribution in [0, 0.1) is 5.92 Å². The molecule has 0 aromatic heterocycles. The van der Waals surface area contributed by atoms with E-state index in [0.717, 1.165) is 32.5 Å². The fourth-order valence-corrected chi connectivity index (χ4v) is 1.42. The van der Waals surface area contributed by atoms with Crippen LogP contribution >= 0.6 is 0 Å². The lowest BCUT2D eigenvalue weighted by Gasteiger charge is -2.15. The molecule has 4 heteroatoms. The smallest absolute Gasteiger partial charge is 0.236 e. The minimum absolute atomic E-state index is 0.0853. The quantitative estimate of drug-likeness (QED) is 0.589. The van der Waals surface area contributed by atoms with Gasteiger partial charge in [-0.3, -0.25) is 4.79 Å². The van der Waals surface area contributed by atoms with Gasteiger partial charge in [0.1, 0.15) is 0 Å². The van der Waals surface area contributed by atoms with Crippen LogP contribution in [-0.2, 0) is 9.53 Å². The molecule has 0 spiro atoms. The summed E-state index contributed by atoms with van der Waals surface area (Å²) in [7, 11) is 0. The molecule has 0 saturated heterocycles. The average molecular weight is 258 g/mol. The van der Waals surface area contributed by atoms with E-state index in [0.29, 0.717) is 12.0 Å². The molecule has 0 aromatic carbocycles. The largest absolute Gasteiger partial charge is 0.379 e. The molecule has 0 bridgehead atoms. The SMILES string of the molecule is CC(C)CNC(=O)C(C)NCCCCOC(C)C. The normalized spacial score (nSPS) is 13.1. The average Bonchev–Trinajstić information content (AvgIpc) is 2.29. The summed E-state index contributed by atoms with van der Waals surface area (Å²) in [5.74, 6) is 0.580. The van der Waals surface area contributed by atoms with E-state index >= 15 is 0 Å². The molecule has 0 saturated carbocycles. The summed E-state index contributed by atoms with van der Waals surface area (Å²) >= 11 is 0. The van der Waals surface area contributed by atoms with Crippen molar-refractivity contribution in [2.75, 3.05) is 19.7 Å². The Morgan fingerprint density at radius 3 is 2.33 bits per heavy atom. The summed E-state index contributed by atoms with van der Waals surface area (Å²) in [4.78, 5) is 11.7. The van der Waals surface area contributed by atoms with Gasteiger partial charge < -0.3 is 15.4 Å². The van der Waals surface area contributed by atoms with Crippen LogP contribution in [0.15, 0.2) is 0 Å². The van der Waals surface area contributed by atoms with Crippen molar-refractivity contribution in [3.63, 3.8) is 0 Å². The summed E-state index contributed by atoms with van der Waals surface area (Å²) in [6.45, 7) is 12.6. The molecule has 0 aromatic rings. The number of carbonyl (C=O) groups is 1. The van der Waals surface area contributed by atoms with E-state index in [2.05, 4.69) is 24.5 Å². The van der Waals surface area contributed by atoms with Gasteiger partial charge in [-0.05, 0) is 46.1 Å². The van der Waals surface area contributed by atoms with E-state index in [4.69, 9.17) is 4.74 Å². The molecule has 0 aliphatic carbocycles. The third kappa shape index (κ3) is 10.5. The maximum atomic E-state index is 11.7. The molecule has 1 atom stereocenters. The number of hydrogen-bond acceptors (Lipinski definition) is 3. The number of nitrogens with one attached hydrogen (secondary N) is 2. The number of rotatable bonds is 10. The van der Waals surface area contributed by atoms with Gasteiger partial charge in [0.2, 0.25) is 5.91 Å². The zero-order valence-corrected chi connectivity index (χ0v) is 12.6. The Balaban J connectivity index is 3.46. The second-order valence-corrected chi connectivity index (χ2v) is 5.44. The Morgan fingerprint density at radius 2 is 1.78 bits per heavy atom. The molecule has 4 nitrogen and oxygen atoms in total. The number of carbonyl (C=O) groups excluding carboxylic acids is 1. The van der Waals surface area contributed by atoms with Gasteiger partial charge in [-0.15, -0.1) is 0 Å². The molecule has 18 heavy (non-hydrogen) atoms. The van der Waals surface area contributed by atoms with Crippen LogP contribution in [0.1, 0.15) is 47.5 Å². The van der Waals surface area contributed by atoms with E-state index in [1.54, 1.807) is 0 Å². The van der Waals surface area contributed by atoms with Crippen LogP contribution in [0.4, 0.5) is 0 Å². The highest BCUT2D eigenvalue weighted by Crippen LogP contribution is 1.94. The van der Waals surface area contributed by atoms with Crippen molar-refractivity contribution in [2.24, 2.45) is 5.92 Å². The lowest BCUT2D eigenvalue weighted by molar-refractivity contribution is -0.122. The fourth-order valence-electron chi connectivity index (χ4n) is 1.42. The summed E-state index contributed by atoms with van der Waals surface area (Å²) in [6, 6.07) is -0.116. The molecule has 0 aliphatic rings. The van der Waals surface area contributed by atoms with Gasteiger partial charge in [0, 0.05) is 13.2 Å². The lowest BCUT2D eigenvalue weighted by atomic mass is 10.2. The van der Waals surface area contributed by atoms with Crippen molar-refractivity contribution in [3.05, 3.63) is 0 Å². The third-order valence-electron chi connectivity index (χ3n) is 2.55. The Hall–Kier alpha value is -0.610. The molecule has 0 aliphatic heterocycles. The maximum Gasteiger partial charge on any atom is 0.236 e. The van der Waals surface area contributed by atoms with Crippen LogP contribution in [-0.4, -0.2) is 37.7 Å². The maximum absolute atomic E-state index is 11.7. The van der Waals surface area contributed by atoms with Gasteiger partial charge in [0.05, 0.1) is 12.1 Å². The van der Waals surface area contributed by atoms with Crippen LogP contribution in [0.25, 0.3) is 0 Å².